The smallest absolute Gasteiger partial charge is 0.0488 e. The molecule has 2 aliphatic heterocycles. The van der Waals surface area contributed by atoms with E-state index in [1.807, 2.05) is 13.8 Å². The predicted molar refractivity (Wildman–Crippen MR) is 540 cm³/mol. The molecule has 9 heteroatoms. The maximum absolute atomic E-state index is 2.34. The molecule has 121 heavy (non-hydrogen) atoms. The van der Waals surface area contributed by atoms with Crippen LogP contribution in [-0.2, 0) is 26.3 Å². The molecule has 1 aromatic heterocycles. The van der Waals surface area contributed by atoms with Crippen LogP contribution in [0.5, 0.6) is 0 Å². The summed E-state index contributed by atoms with van der Waals surface area (Å²) in [5.41, 5.74) is 35.1. The lowest BCUT2D eigenvalue weighted by Gasteiger charge is -2.20. The number of para-hydroxylation sites is 10. The van der Waals surface area contributed by atoms with Gasteiger partial charge < -0.3 is 43.8 Å². The Balaban J connectivity index is 0.000000185. The van der Waals surface area contributed by atoms with Gasteiger partial charge in [-0.15, -0.1) is 0 Å². The number of rotatable bonds is 14. The van der Waals surface area contributed by atoms with Crippen molar-refractivity contribution in [2.45, 2.75) is 155 Å². The normalized spacial score (nSPS) is 12.1. The van der Waals surface area contributed by atoms with Crippen molar-refractivity contribution in [3.05, 3.63) is 345 Å². The van der Waals surface area contributed by atoms with E-state index in [0.717, 1.165) is 39.3 Å². The summed E-state index contributed by atoms with van der Waals surface area (Å²) in [4.78, 5) is 18.3. The van der Waals surface area contributed by atoms with Gasteiger partial charge in [0.1, 0.15) is 0 Å². The highest BCUT2D eigenvalue weighted by atomic mass is 15.1. The van der Waals surface area contributed by atoms with E-state index in [0.29, 0.717) is 5.92 Å². The Morgan fingerprint density at radius 2 is 0.554 bits per heavy atom. The van der Waals surface area contributed by atoms with Gasteiger partial charge in [0.05, 0.1) is 0 Å². The molecule has 2 aliphatic carbocycles. The van der Waals surface area contributed by atoms with Crippen molar-refractivity contribution in [3.8, 4) is 11.1 Å². The first kappa shape index (κ1) is 97.0. The van der Waals surface area contributed by atoms with Crippen molar-refractivity contribution in [2.75, 3.05) is 148 Å². The van der Waals surface area contributed by atoms with E-state index in [1.54, 1.807) is 16.7 Å². The summed E-state index contributed by atoms with van der Waals surface area (Å²) in [6.07, 6.45) is 7.40. The van der Waals surface area contributed by atoms with Gasteiger partial charge >= 0.3 is 0 Å². The van der Waals surface area contributed by atoms with Gasteiger partial charge in [0.2, 0.25) is 0 Å². The highest BCUT2D eigenvalue weighted by Crippen LogP contribution is 2.52. The molecule has 0 saturated heterocycles. The predicted octanol–water partition coefficient (Wildman–Crippen LogP) is 27.6. The van der Waals surface area contributed by atoms with Gasteiger partial charge in [-0.1, -0.05) is 252 Å². The lowest BCUT2D eigenvalue weighted by atomic mass is 9.99. The second-order valence-corrected chi connectivity index (χ2v) is 32.3. The first-order valence-corrected chi connectivity index (χ1v) is 44.8. The fourth-order valence-electron chi connectivity index (χ4n) is 16.7. The molecular weight excluding hydrogens is 1470 g/mol. The molecule has 0 saturated carbocycles. The quantitative estimate of drug-likeness (QED) is 0.106. The fourth-order valence-corrected chi connectivity index (χ4v) is 16.7. The minimum atomic E-state index is 0.701. The molecule has 17 rings (SSSR count). The summed E-state index contributed by atoms with van der Waals surface area (Å²) in [5.74, 6) is 0.701. The van der Waals surface area contributed by atoms with Crippen LogP contribution in [0.3, 0.4) is 0 Å². The van der Waals surface area contributed by atoms with Crippen LogP contribution in [0.25, 0.3) is 32.9 Å². The Hall–Kier alpha value is -11.2. The molecule has 0 radical (unpaired) electrons. The van der Waals surface area contributed by atoms with Crippen molar-refractivity contribution in [1.29, 1.82) is 0 Å². The molecule has 1 atom stereocenters. The van der Waals surface area contributed by atoms with E-state index in [4.69, 9.17) is 0 Å². The number of hydrogen-bond acceptors (Lipinski definition) is 8. The van der Waals surface area contributed by atoms with E-state index in [9.17, 15) is 0 Å². The first-order valence-electron chi connectivity index (χ1n) is 44.8. The lowest BCUT2D eigenvalue weighted by Crippen LogP contribution is -2.18. The summed E-state index contributed by atoms with van der Waals surface area (Å²) >= 11 is 0. The average molecular weight is 1620 g/mol. The number of hydrogen-bond donors (Lipinski definition) is 0. The maximum atomic E-state index is 2.34. The number of aryl methyl sites for hydroxylation is 10. The minimum absolute atomic E-state index is 0.701. The average Bonchev–Trinajstić information content (AvgIpc) is 1.57. The molecule has 0 N–H and O–H groups in total. The van der Waals surface area contributed by atoms with Crippen molar-refractivity contribution in [3.63, 3.8) is 0 Å². The zero-order chi connectivity index (χ0) is 88.1. The third-order valence-corrected chi connectivity index (χ3v) is 23.7. The zero-order valence-corrected chi connectivity index (χ0v) is 79.0. The van der Waals surface area contributed by atoms with Gasteiger partial charge in [0.15, 0.2) is 0 Å². The van der Waals surface area contributed by atoms with Gasteiger partial charge in [-0.05, 0) is 254 Å². The van der Waals surface area contributed by atoms with Crippen molar-refractivity contribution < 1.29 is 0 Å². The summed E-state index contributed by atoms with van der Waals surface area (Å²) in [5, 5.41) is 2.68. The number of likely N-dealkylation sites (N-methyl/N-ethyl adjacent to an activating group) is 2. The summed E-state index contributed by atoms with van der Waals surface area (Å²) in [7, 11) is 19.2. The Labute approximate surface area is 733 Å². The number of nitrogens with zero attached hydrogens (tertiary/aromatic N) is 9. The van der Waals surface area contributed by atoms with Crippen LogP contribution in [0.15, 0.2) is 273 Å². The van der Waals surface area contributed by atoms with E-state index in [1.165, 1.54) is 186 Å². The van der Waals surface area contributed by atoms with Gasteiger partial charge in [-0.2, -0.15) is 0 Å². The number of benzene rings is 12. The van der Waals surface area contributed by atoms with Crippen LogP contribution < -0.4 is 39.2 Å². The van der Waals surface area contributed by atoms with Gasteiger partial charge in [0.25, 0.3) is 0 Å². The molecule has 642 valence electrons. The molecule has 13 aromatic rings. The Bertz CT molecular complexity index is 4850. The topological polar surface area (TPSA) is 30.9 Å². The molecule has 3 heterocycles. The van der Waals surface area contributed by atoms with Crippen molar-refractivity contribution >= 4 is 67.3 Å². The highest BCUT2D eigenvalue weighted by Gasteiger charge is 2.34. The van der Waals surface area contributed by atoms with Crippen LogP contribution >= 0.6 is 0 Å². The molecule has 4 aliphatic rings. The second-order valence-electron chi connectivity index (χ2n) is 32.3. The maximum Gasteiger partial charge on any atom is 0.0488 e. The molecule has 0 bridgehead atoms. The van der Waals surface area contributed by atoms with Crippen LogP contribution in [0.1, 0.15) is 153 Å². The Morgan fingerprint density at radius 1 is 0.281 bits per heavy atom. The molecular formula is C112H149N9. The third kappa shape index (κ3) is 26.9. The van der Waals surface area contributed by atoms with E-state index < -0.39 is 0 Å². The van der Waals surface area contributed by atoms with E-state index >= 15 is 0 Å². The molecule has 0 fully saturated rings. The van der Waals surface area contributed by atoms with Crippen LogP contribution in [-0.4, -0.2) is 113 Å². The number of aromatic nitrogens is 1. The molecule has 0 amide bonds. The summed E-state index contributed by atoms with van der Waals surface area (Å²) in [6.45, 7) is 43.1. The van der Waals surface area contributed by atoms with Gasteiger partial charge in [-0.25, -0.2) is 0 Å². The number of anilines is 8. The van der Waals surface area contributed by atoms with Crippen LogP contribution in [0.2, 0.25) is 0 Å². The van der Waals surface area contributed by atoms with Crippen LogP contribution in [0, 0.1) is 55.4 Å². The SMILES string of the molecule is CC.CCCN(C)c1ccccc1C.CCCN(C)c1ccccc1C.CCN(C)c1ccccc1C.CCN(C)c1ccccc1C.CCN(C)c1ccccc1C.CCN(C)c1ccccc1C.Cc1cccc2c1N(C)CC2.Cc1cccc2c1N(C)CC2.Cn1c2ccccc2c2ccccc21.c1ccc2c(c1)-c1cccc3c1C2CC3. The standard InChI is InChI=1S/C15H12.C13H11N.2C11H17N.2C10H13N.4C10H15N.C2H6/c1-2-6-12-11(5-1)13-7-3-4-10-8-9-14(12)15(10)13;1-14-12-8-4-2-6-10(12)11-7-3-5-9-13(11)14;2*1-4-9-12(3)11-8-6-5-7-10(11)2;2*1-8-4-3-5-9-6-7-11(2)10(8)9;4*1-4-11(3)10-8-6-5-7-9(10)2;1-2/h1-7,14H,8-9H2;2-9H,1H3;2*5-8H,4,9H2,1-3H3;2*3-5H,6-7H2,1-2H3;4*5-8H,4H2,1-3H3;1-2H3. The van der Waals surface area contributed by atoms with Crippen LogP contribution in [0.4, 0.5) is 45.5 Å². The fraction of sp³-hybridized carbons (Fsp3) is 0.357. The Morgan fingerprint density at radius 3 is 0.876 bits per heavy atom. The monoisotopic (exact) mass is 1620 g/mol. The largest absolute Gasteiger partial charge is 0.375 e. The van der Waals surface area contributed by atoms with Crippen molar-refractivity contribution in [1.82, 2.24) is 4.57 Å². The highest BCUT2D eigenvalue weighted by molar-refractivity contribution is 6.07. The zero-order valence-electron chi connectivity index (χ0n) is 79.0. The number of fused-ring (bicyclic) bond motifs is 8. The van der Waals surface area contributed by atoms with Gasteiger partial charge in [0, 0.05) is 189 Å². The summed E-state index contributed by atoms with van der Waals surface area (Å²) in [6, 6.07) is 96.6. The third-order valence-electron chi connectivity index (χ3n) is 23.7. The van der Waals surface area contributed by atoms with Gasteiger partial charge in [-0.3, -0.25) is 0 Å². The lowest BCUT2D eigenvalue weighted by molar-refractivity contribution is 0.802. The van der Waals surface area contributed by atoms with E-state index in [2.05, 4.69) is 477 Å². The molecule has 12 aromatic carbocycles. The van der Waals surface area contributed by atoms with Crippen molar-refractivity contribution in [2.24, 2.45) is 7.05 Å². The molecule has 9 nitrogen and oxygen atoms in total. The second kappa shape index (κ2) is 50.2. The van der Waals surface area contributed by atoms with E-state index in [-0.39, 0.29) is 0 Å². The summed E-state index contributed by atoms with van der Waals surface area (Å²) < 4.78 is 2.24. The first-order chi connectivity index (χ1) is 58.4. The molecule has 0 spiro atoms. The minimum Gasteiger partial charge on any atom is -0.375 e. The Kier molecular flexibility index (Phi) is 40.2. The molecule has 1 unspecified atom stereocenters.